The second-order valence-corrected chi connectivity index (χ2v) is 14.5. The first-order valence-electron chi connectivity index (χ1n) is 10.2. The van der Waals surface area contributed by atoms with E-state index < -0.39 is 24.5 Å². The molecular formula is C20H34O5Si. The predicted molar refractivity (Wildman–Crippen MR) is 101 cm³/mol. The van der Waals surface area contributed by atoms with E-state index in [0.29, 0.717) is 19.4 Å². The summed E-state index contributed by atoms with van der Waals surface area (Å²) in [7, 11) is -1.65. The zero-order valence-corrected chi connectivity index (χ0v) is 18.1. The molecule has 0 N–H and O–H groups in total. The van der Waals surface area contributed by atoms with Crippen molar-refractivity contribution in [2.24, 2.45) is 10.8 Å². The highest BCUT2D eigenvalue weighted by Gasteiger charge is 2.76. The summed E-state index contributed by atoms with van der Waals surface area (Å²) in [6.45, 7) is 13.2. The Morgan fingerprint density at radius 3 is 2.23 bits per heavy atom. The van der Waals surface area contributed by atoms with Crippen molar-refractivity contribution in [1.82, 2.24) is 0 Å². The molecule has 3 fully saturated rings. The smallest absolute Gasteiger partial charge is 0.351 e. The van der Waals surface area contributed by atoms with Crippen LogP contribution in [0.3, 0.4) is 0 Å². The van der Waals surface area contributed by atoms with Crippen LogP contribution in [0.5, 0.6) is 0 Å². The van der Waals surface area contributed by atoms with Gasteiger partial charge in [-0.2, -0.15) is 0 Å². The van der Waals surface area contributed by atoms with Crippen LogP contribution in [0.2, 0.25) is 18.1 Å². The van der Waals surface area contributed by atoms with Gasteiger partial charge in [0.1, 0.15) is 6.10 Å². The van der Waals surface area contributed by atoms with E-state index in [-0.39, 0.29) is 23.8 Å². The van der Waals surface area contributed by atoms with Crippen LogP contribution in [0.25, 0.3) is 0 Å². The van der Waals surface area contributed by atoms with E-state index in [2.05, 4.69) is 20.8 Å². The predicted octanol–water partition coefficient (Wildman–Crippen LogP) is 3.86. The van der Waals surface area contributed by atoms with Gasteiger partial charge in [0.05, 0.1) is 25.8 Å². The third-order valence-corrected chi connectivity index (χ3v) is 14.4. The van der Waals surface area contributed by atoms with Crippen molar-refractivity contribution in [3.8, 4) is 0 Å². The number of hydrogen-bond donors (Lipinski definition) is 0. The fourth-order valence-electron chi connectivity index (χ4n) is 5.55. The molecule has 1 aliphatic carbocycles. The SMILES string of the molecule is CC[Si](CC)(CC)[C@H]1OCC[C@H]1OC(=O)C12CCC(C)(C(=O)O1)C2(C)C. The Bertz CT molecular complexity index is 591. The molecule has 3 rings (SSSR count). The summed E-state index contributed by atoms with van der Waals surface area (Å²) in [6, 6.07) is 3.38. The lowest BCUT2D eigenvalue weighted by atomic mass is 9.66. The van der Waals surface area contributed by atoms with E-state index in [1.165, 1.54) is 0 Å². The number of fused-ring (bicyclic) bond motifs is 2. The van der Waals surface area contributed by atoms with E-state index in [4.69, 9.17) is 14.2 Å². The first-order chi connectivity index (χ1) is 12.1. The van der Waals surface area contributed by atoms with E-state index in [0.717, 1.165) is 24.6 Å². The standard InChI is InChI=1S/C20H34O5Si/c1-7-26(8-2,9-3)15-14(10-13-23-15)24-17(22)20-12-11-19(6,16(21)25-20)18(20,4)5/h14-15H,7-13H2,1-6H3/t14-,15-,19?,20?/m1/s1. The van der Waals surface area contributed by atoms with Gasteiger partial charge in [0.15, 0.2) is 0 Å². The van der Waals surface area contributed by atoms with E-state index in [1.54, 1.807) is 0 Å². The molecule has 2 heterocycles. The Labute approximate surface area is 158 Å². The minimum absolute atomic E-state index is 0.0517. The van der Waals surface area contributed by atoms with Crippen molar-refractivity contribution in [3.63, 3.8) is 0 Å². The monoisotopic (exact) mass is 382 g/mol. The molecule has 5 nitrogen and oxygen atoms in total. The van der Waals surface area contributed by atoms with Crippen LogP contribution in [0.15, 0.2) is 0 Å². The van der Waals surface area contributed by atoms with Crippen molar-refractivity contribution < 1.29 is 23.8 Å². The Hall–Kier alpha value is -0.883. The highest BCUT2D eigenvalue weighted by molar-refractivity contribution is 6.81. The molecule has 2 saturated heterocycles. The van der Waals surface area contributed by atoms with Crippen LogP contribution in [-0.4, -0.2) is 44.1 Å². The molecule has 0 amide bonds. The van der Waals surface area contributed by atoms with Gasteiger partial charge in [-0.3, -0.25) is 4.79 Å². The summed E-state index contributed by atoms with van der Waals surface area (Å²) in [5, 5.41) is 0. The minimum atomic E-state index is -1.65. The average molecular weight is 383 g/mol. The number of carbonyl (C=O) groups excluding carboxylic acids is 2. The van der Waals surface area contributed by atoms with Crippen LogP contribution < -0.4 is 0 Å². The van der Waals surface area contributed by atoms with Crippen LogP contribution in [-0.2, 0) is 23.8 Å². The van der Waals surface area contributed by atoms with Gasteiger partial charge >= 0.3 is 11.9 Å². The summed E-state index contributed by atoms with van der Waals surface area (Å²) < 4.78 is 17.9. The summed E-state index contributed by atoms with van der Waals surface area (Å²) >= 11 is 0. The molecular weight excluding hydrogens is 348 g/mol. The first kappa shape index (κ1) is 19.9. The minimum Gasteiger partial charge on any atom is -0.457 e. The molecule has 0 spiro atoms. The van der Waals surface area contributed by atoms with Crippen LogP contribution in [0.4, 0.5) is 0 Å². The van der Waals surface area contributed by atoms with E-state index in [1.807, 2.05) is 20.8 Å². The maximum atomic E-state index is 13.3. The van der Waals surface area contributed by atoms with Gasteiger partial charge in [-0.05, 0) is 19.8 Å². The first-order valence-corrected chi connectivity index (χ1v) is 12.9. The van der Waals surface area contributed by atoms with Crippen molar-refractivity contribution in [3.05, 3.63) is 0 Å². The number of ether oxygens (including phenoxy) is 3. The molecule has 2 unspecified atom stereocenters. The fraction of sp³-hybridized carbons (Fsp3) is 0.900. The van der Waals surface area contributed by atoms with Crippen LogP contribution in [0, 0.1) is 10.8 Å². The lowest BCUT2D eigenvalue weighted by Gasteiger charge is -2.39. The van der Waals surface area contributed by atoms with Gasteiger partial charge in [-0.15, -0.1) is 0 Å². The fourth-order valence-corrected chi connectivity index (χ4v) is 9.75. The van der Waals surface area contributed by atoms with Crippen LogP contribution in [0.1, 0.15) is 60.8 Å². The molecule has 0 aromatic heterocycles. The maximum Gasteiger partial charge on any atom is 0.351 e. The van der Waals surface area contributed by atoms with Crippen molar-refractivity contribution in [2.75, 3.05) is 6.61 Å². The van der Waals surface area contributed by atoms with Crippen molar-refractivity contribution in [1.29, 1.82) is 0 Å². The quantitative estimate of drug-likeness (QED) is 0.516. The zero-order valence-electron chi connectivity index (χ0n) is 17.1. The molecule has 1 saturated carbocycles. The molecule has 148 valence electrons. The van der Waals surface area contributed by atoms with E-state index in [9.17, 15) is 9.59 Å². The largest absolute Gasteiger partial charge is 0.457 e. The Balaban J connectivity index is 1.83. The number of rotatable bonds is 6. The topological polar surface area (TPSA) is 61.8 Å². The lowest BCUT2D eigenvalue weighted by Crippen LogP contribution is -2.55. The molecule has 2 bridgehead atoms. The van der Waals surface area contributed by atoms with Gasteiger partial charge in [0.2, 0.25) is 5.60 Å². The molecule has 3 aliphatic rings. The Kier molecular flexibility index (Phi) is 4.84. The maximum absolute atomic E-state index is 13.3. The summed E-state index contributed by atoms with van der Waals surface area (Å²) in [5.41, 5.74) is -2.25. The van der Waals surface area contributed by atoms with Gasteiger partial charge in [0, 0.05) is 11.8 Å². The Morgan fingerprint density at radius 2 is 1.77 bits per heavy atom. The second kappa shape index (κ2) is 6.33. The molecule has 6 heteroatoms. The van der Waals surface area contributed by atoms with Crippen molar-refractivity contribution in [2.45, 2.75) is 96.4 Å². The molecule has 26 heavy (non-hydrogen) atoms. The van der Waals surface area contributed by atoms with Gasteiger partial charge < -0.3 is 14.2 Å². The second-order valence-electron chi connectivity index (χ2n) is 9.12. The lowest BCUT2D eigenvalue weighted by molar-refractivity contribution is -0.187. The Morgan fingerprint density at radius 1 is 1.15 bits per heavy atom. The summed E-state index contributed by atoms with van der Waals surface area (Å²) in [5.74, 6) is -0.617. The average Bonchev–Trinajstić information content (AvgIpc) is 3.19. The highest BCUT2D eigenvalue weighted by atomic mass is 28.3. The number of hydrogen-bond acceptors (Lipinski definition) is 5. The van der Waals surface area contributed by atoms with Crippen molar-refractivity contribution >= 4 is 20.0 Å². The van der Waals surface area contributed by atoms with Gasteiger partial charge in [-0.25, -0.2) is 4.79 Å². The third kappa shape index (κ3) is 2.30. The third-order valence-electron chi connectivity index (χ3n) is 8.43. The highest BCUT2D eigenvalue weighted by Crippen LogP contribution is 2.66. The normalized spacial score (nSPS) is 38.5. The summed E-state index contributed by atoms with van der Waals surface area (Å²) in [4.78, 5) is 25.7. The molecule has 0 aromatic rings. The number of esters is 2. The molecule has 0 radical (unpaired) electrons. The van der Waals surface area contributed by atoms with Gasteiger partial charge in [-0.1, -0.05) is 52.8 Å². The van der Waals surface area contributed by atoms with Gasteiger partial charge in [0.25, 0.3) is 0 Å². The molecule has 0 aromatic carbocycles. The van der Waals surface area contributed by atoms with E-state index >= 15 is 0 Å². The summed E-state index contributed by atoms with van der Waals surface area (Å²) in [6.07, 6.45) is 1.77. The zero-order chi connectivity index (χ0) is 19.4. The molecule has 4 atom stereocenters. The van der Waals surface area contributed by atoms with Crippen LogP contribution >= 0.6 is 0 Å². The number of carbonyl (C=O) groups is 2. The molecule has 2 aliphatic heterocycles.